The van der Waals surface area contributed by atoms with Crippen molar-refractivity contribution in [3.05, 3.63) is 18.6 Å². The quantitative estimate of drug-likeness (QED) is 0.907. The molecule has 0 bridgehead atoms. The van der Waals surface area contributed by atoms with Gasteiger partial charge in [-0.1, -0.05) is 6.92 Å². The van der Waals surface area contributed by atoms with E-state index in [0.717, 1.165) is 43.3 Å². The standard InChI is InChI=1S/C15H24N6/c1-4-6-16-13-11-21-9-7-17-14(21)15(18-13)20-8-5-12(10-20)19(2)3/h7,9,11-12,16H,4-6,8,10H2,1-3H3. The molecule has 1 saturated heterocycles. The van der Waals surface area contributed by atoms with E-state index in [-0.39, 0.29) is 0 Å². The summed E-state index contributed by atoms with van der Waals surface area (Å²) in [4.78, 5) is 13.9. The van der Waals surface area contributed by atoms with Crippen molar-refractivity contribution in [2.75, 3.05) is 43.9 Å². The maximum atomic E-state index is 4.80. The minimum Gasteiger partial charge on any atom is -0.369 e. The zero-order valence-electron chi connectivity index (χ0n) is 13.1. The van der Waals surface area contributed by atoms with E-state index < -0.39 is 0 Å². The van der Waals surface area contributed by atoms with E-state index in [1.807, 2.05) is 18.6 Å². The van der Waals surface area contributed by atoms with Gasteiger partial charge < -0.3 is 19.5 Å². The molecule has 2 aromatic rings. The minimum atomic E-state index is 0.592. The van der Waals surface area contributed by atoms with Crippen molar-refractivity contribution in [1.82, 2.24) is 19.3 Å². The molecule has 0 saturated carbocycles. The highest BCUT2D eigenvalue weighted by atomic mass is 15.3. The summed E-state index contributed by atoms with van der Waals surface area (Å²) >= 11 is 0. The molecule has 1 atom stereocenters. The first-order valence-corrected chi connectivity index (χ1v) is 7.68. The number of hydrogen-bond acceptors (Lipinski definition) is 5. The average molecular weight is 288 g/mol. The molecule has 0 aromatic carbocycles. The monoisotopic (exact) mass is 288 g/mol. The minimum absolute atomic E-state index is 0.592. The third-order valence-corrected chi connectivity index (χ3v) is 4.11. The summed E-state index contributed by atoms with van der Waals surface area (Å²) in [7, 11) is 4.29. The topological polar surface area (TPSA) is 48.7 Å². The third-order valence-electron chi connectivity index (χ3n) is 4.11. The van der Waals surface area contributed by atoms with Crippen LogP contribution in [0, 0.1) is 0 Å². The van der Waals surface area contributed by atoms with Crippen LogP contribution in [-0.2, 0) is 0 Å². The van der Waals surface area contributed by atoms with Gasteiger partial charge in [-0.3, -0.25) is 0 Å². The van der Waals surface area contributed by atoms with Crippen molar-refractivity contribution < 1.29 is 0 Å². The van der Waals surface area contributed by atoms with Crippen LogP contribution in [0.2, 0.25) is 0 Å². The molecule has 1 unspecified atom stereocenters. The number of imidazole rings is 1. The van der Waals surface area contributed by atoms with Gasteiger partial charge in [0.2, 0.25) is 0 Å². The van der Waals surface area contributed by atoms with Crippen molar-refractivity contribution in [2.24, 2.45) is 0 Å². The van der Waals surface area contributed by atoms with Crippen LogP contribution in [0.3, 0.4) is 0 Å². The van der Waals surface area contributed by atoms with Gasteiger partial charge in [-0.05, 0) is 26.9 Å². The van der Waals surface area contributed by atoms with Gasteiger partial charge in [0, 0.05) is 38.1 Å². The van der Waals surface area contributed by atoms with Gasteiger partial charge in [0.1, 0.15) is 5.82 Å². The number of likely N-dealkylation sites (N-methyl/N-ethyl adjacent to an activating group) is 1. The first-order chi connectivity index (χ1) is 10.2. The lowest BCUT2D eigenvalue weighted by atomic mass is 10.2. The van der Waals surface area contributed by atoms with Crippen molar-refractivity contribution in [1.29, 1.82) is 0 Å². The Kier molecular flexibility index (Phi) is 3.96. The molecule has 1 fully saturated rings. The number of nitrogens with one attached hydrogen (secondary N) is 1. The highest BCUT2D eigenvalue weighted by Gasteiger charge is 2.27. The molecule has 114 valence electrons. The van der Waals surface area contributed by atoms with E-state index >= 15 is 0 Å². The average Bonchev–Trinajstić information content (AvgIpc) is 3.12. The fraction of sp³-hybridized carbons (Fsp3) is 0.600. The van der Waals surface area contributed by atoms with E-state index in [2.05, 4.69) is 45.5 Å². The summed E-state index contributed by atoms with van der Waals surface area (Å²) in [5, 5.41) is 3.38. The van der Waals surface area contributed by atoms with E-state index in [4.69, 9.17) is 4.98 Å². The van der Waals surface area contributed by atoms with Crippen molar-refractivity contribution in [3.63, 3.8) is 0 Å². The van der Waals surface area contributed by atoms with Crippen LogP contribution in [-0.4, -0.2) is 59.0 Å². The second-order valence-corrected chi connectivity index (χ2v) is 5.89. The maximum absolute atomic E-state index is 4.80. The number of nitrogens with zero attached hydrogens (tertiary/aromatic N) is 5. The highest BCUT2D eigenvalue weighted by molar-refractivity contribution is 5.67. The summed E-state index contributed by atoms with van der Waals surface area (Å²) in [5.74, 6) is 1.91. The van der Waals surface area contributed by atoms with Gasteiger partial charge in [0.25, 0.3) is 0 Å². The van der Waals surface area contributed by atoms with Crippen LogP contribution >= 0.6 is 0 Å². The molecule has 0 amide bonds. The Morgan fingerprint density at radius 3 is 3.00 bits per heavy atom. The Hall–Kier alpha value is -1.82. The van der Waals surface area contributed by atoms with Crippen LogP contribution in [0.25, 0.3) is 5.65 Å². The Labute approximate surface area is 125 Å². The van der Waals surface area contributed by atoms with Crippen LogP contribution in [0.15, 0.2) is 18.6 Å². The molecule has 0 radical (unpaired) electrons. The second kappa shape index (κ2) is 5.89. The first-order valence-electron chi connectivity index (χ1n) is 7.68. The van der Waals surface area contributed by atoms with E-state index in [1.54, 1.807) is 0 Å². The normalized spacial score (nSPS) is 18.9. The summed E-state index contributed by atoms with van der Waals surface area (Å²) in [6.45, 7) is 5.15. The predicted octanol–water partition coefficient (Wildman–Crippen LogP) is 1.69. The van der Waals surface area contributed by atoms with Gasteiger partial charge in [-0.15, -0.1) is 0 Å². The zero-order chi connectivity index (χ0) is 14.8. The molecule has 1 aliphatic rings. The summed E-state index contributed by atoms with van der Waals surface area (Å²) in [5.41, 5.74) is 0.941. The molecule has 6 nitrogen and oxygen atoms in total. The number of anilines is 2. The van der Waals surface area contributed by atoms with E-state index in [9.17, 15) is 0 Å². The SMILES string of the molecule is CCCNc1cn2ccnc2c(N2CCC(N(C)C)C2)n1. The Bertz CT molecular complexity index is 605. The van der Waals surface area contributed by atoms with Crippen molar-refractivity contribution >= 4 is 17.3 Å². The summed E-state index contributed by atoms with van der Waals surface area (Å²) < 4.78 is 2.06. The zero-order valence-corrected chi connectivity index (χ0v) is 13.1. The summed E-state index contributed by atoms with van der Waals surface area (Å²) in [6.07, 6.45) is 8.10. The number of aromatic nitrogens is 3. The largest absolute Gasteiger partial charge is 0.369 e. The van der Waals surface area contributed by atoms with E-state index in [1.165, 1.54) is 6.42 Å². The molecule has 3 heterocycles. The highest BCUT2D eigenvalue weighted by Crippen LogP contribution is 2.25. The molecule has 21 heavy (non-hydrogen) atoms. The molecular formula is C15H24N6. The molecule has 3 rings (SSSR count). The lowest BCUT2D eigenvalue weighted by Gasteiger charge is -2.22. The fourth-order valence-electron chi connectivity index (χ4n) is 2.82. The molecule has 6 heteroatoms. The maximum Gasteiger partial charge on any atom is 0.180 e. The Morgan fingerprint density at radius 2 is 2.29 bits per heavy atom. The van der Waals surface area contributed by atoms with Gasteiger partial charge in [-0.2, -0.15) is 0 Å². The van der Waals surface area contributed by atoms with Crippen LogP contribution in [0.1, 0.15) is 19.8 Å². The molecule has 0 spiro atoms. The number of fused-ring (bicyclic) bond motifs is 1. The Morgan fingerprint density at radius 1 is 1.43 bits per heavy atom. The van der Waals surface area contributed by atoms with Gasteiger partial charge in [0.15, 0.2) is 11.5 Å². The lowest BCUT2D eigenvalue weighted by molar-refractivity contribution is 0.315. The lowest BCUT2D eigenvalue weighted by Crippen LogP contribution is -2.32. The van der Waals surface area contributed by atoms with Gasteiger partial charge in [-0.25, -0.2) is 9.97 Å². The van der Waals surface area contributed by atoms with Crippen LogP contribution in [0.4, 0.5) is 11.6 Å². The van der Waals surface area contributed by atoms with Crippen LogP contribution < -0.4 is 10.2 Å². The third kappa shape index (κ3) is 2.81. The first kappa shape index (κ1) is 14.1. The van der Waals surface area contributed by atoms with Gasteiger partial charge >= 0.3 is 0 Å². The Balaban J connectivity index is 1.91. The van der Waals surface area contributed by atoms with Crippen LogP contribution in [0.5, 0.6) is 0 Å². The molecule has 2 aromatic heterocycles. The number of hydrogen-bond donors (Lipinski definition) is 1. The second-order valence-electron chi connectivity index (χ2n) is 5.89. The fourth-order valence-corrected chi connectivity index (χ4v) is 2.82. The van der Waals surface area contributed by atoms with Gasteiger partial charge in [0.05, 0.1) is 6.20 Å². The smallest absolute Gasteiger partial charge is 0.180 e. The van der Waals surface area contributed by atoms with Crippen molar-refractivity contribution in [3.8, 4) is 0 Å². The molecule has 0 aliphatic carbocycles. The predicted molar refractivity (Wildman–Crippen MR) is 86.1 cm³/mol. The van der Waals surface area contributed by atoms with Crippen molar-refractivity contribution in [2.45, 2.75) is 25.8 Å². The molecule has 1 N–H and O–H groups in total. The van der Waals surface area contributed by atoms with E-state index in [0.29, 0.717) is 6.04 Å². The molecule has 1 aliphatic heterocycles. The number of rotatable bonds is 5. The molecular weight excluding hydrogens is 264 g/mol. The summed E-state index contributed by atoms with van der Waals surface area (Å²) in [6, 6.07) is 0.592.